The fourth-order valence-corrected chi connectivity index (χ4v) is 20.3. The molecule has 14 rings (SSSR count). The molecular weight excluding hydrogens is 1350 g/mol. The lowest BCUT2D eigenvalue weighted by Gasteiger charge is -2.68. The number of azide groups is 1. The zero-order valence-electron chi connectivity index (χ0n) is 63.2. The predicted octanol–water partition coefficient (Wildman–Crippen LogP) is 18.8. The van der Waals surface area contributed by atoms with Gasteiger partial charge in [-0.2, -0.15) is 0 Å². The van der Waals surface area contributed by atoms with Crippen molar-refractivity contribution in [1.82, 2.24) is 0 Å². The maximum absolute atomic E-state index is 13.5. The molecule has 2 heterocycles. The van der Waals surface area contributed by atoms with E-state index in [1.54, 1.807) is 0 Å². The van der Waals surface area contributed by atoms with E-state index in [2.05, 4.69) is 225 Å². The number of ether oxygens (including phenoxy) is 11. The van der Waals surface area contributed by atoms with Crippen molar-refractivity contribution in [1.29, 1.82) is 0 Å². The summed E-state index contributed by atoms with van der Waals surface area (Å²) in [6.45, 7) is 10.6. The number of carbonyl (C=O) groups is 1. The molecule has 0 amide bonds. The Morgan fingerprint density at radius 3 is 1.22 bits per heavy atom. The number of methoxy groups -OCH3 is 1. The van der Waals surface area contributed by atoms with Crippen molar-refractivity contribution in [2.45, 2.75) is 198 Å². The van der Waals surface area contributed by atoms with Gasteiger partial charge in [-0.1, -0.05) is 269 Å². The Morgan fingerprint density at radius 2 is 0.824 bits per heavy atom. The summed E-state index contributed by atoms with van der Waals surface area (Å²) in [7, 11) is 1.50. The van der Waals surface area contributed by atoms with Gasteiger partial charge in [0, 0.05) is 17.4 Å². The minimum atomic E-state index is -0.654. The molecule has 8 aromatic carbocycles. The van der Waals surface area contributed by atoms with E-state index in [4.69, 9.17) is 52.1 Å². The standard InChI is InChI=1S/C93H109N3O12/c1-64(45-48-82(97)98-4)76-46-47-77-83-75(84-88(103-58-69-37-21-9-22-38-69)90(105-60-71-41-25-11-26-42-71)86(101-56-67-33-17-7-18-34-67)80(107-84)62-99-54-65-29-13-5-14-30-65)52-73-51-74(95-96-94)49-50-92(73,2)78(83)53-79(93(76,77)3)85-89(104-59-70-39-23-10-24-40-70)91(106-61-72-43-27-12-28-44-72)87(102-57-68-35-19-8-20-36-68)81(108-85)63-100-55-66-31-15-6-16-32-66/h5-44,64,73-81,83-91H,45-63H2,1-4H3/t64-,73+,74+,75+,76-,77+,78+,79+,80-,81-,83+,84?,85+,86-,87-,88+,89+,90+,91+,92+,93-/m1/s1. The average molecular weight is 1460 g/mol. The molecule has 6 aliphatic rings. The molecule has 0 bridgehead atoms. The lowest BCUT2D eigenvalue weighted by molar-refractivity contribution is -0.312. The third kappa shape index (κ3) is 18.3. The van der Waals surface area contributed by atoms with Crippen LogP contribution >= 0.6 is 0 Å². The second kappa shape index (κ2) is 37.2. The highest BCUT2D eigenvalue weighted by molar-refractivity contribution is 5.69. The normalized spacial score (nSPS) is 31.1. The van der Waals surface area contributed by atoms with Gasteiger partial charge in [0.05, 0.1) is 85.4 Å². The Morgan fingerprint density at radius 1 is 0.454 bits per heavy atom. The summed E-state index contributed by atoms with van der Waals surface area (Å²) in [4.78, 5) is 17.1. The Balaban J connectivity index is 0.935. The van der Waals surface area contributed by atoms with Crippen LogP contribution < -0.4 is 0 Å². The van der Waals surface area contributed by atoms with E-state index >= 15 is 0 Å². The second-order valence-electron chi connectivity index (χ2n) is 31.9. The summed E-state index contributed by atoms with van der Waals surface area (Å²) in [5, 5.41) is 4.60. The number of esters is 1. The molecule has 0 radical (unpaired) electrons. The van der Waals surface area contributed by atoms with Crippen molar-refractivity contribution < 1.29 is 56.9 Å². The van der Waals surface area contributed by atoms with Gasteiger partial charge in [-0.15, -0.1) is 0 Å². The quantitative estimate of drug-likeness (QED) is 0.0165. The number of rotatable bonds is 33. The van der Waals surface area contributed by atoms with Crippen LogP contribution in [0.1, 0.15) is 123 Å². The van der Waals surface area contributed by atoms with Crippen LogP contribution in [0.3, 0.4) is 0 Å². The highest BCUT2D eigenvalue weighted by Crippen LogP contribution is 2.73. The van der Waals surface area contributed by atoms with E-state index < -0.39 is 66.5 Å². The summed E-state index contributed by atoms with van der Waals surface area (Å²) >= 11 is 0. The number of hydrogen-bond acceptors (Lipinski definition) is 13. The maximum atomic E-state index is 13.5. The molecule has 568 valence electrons. The van der Waals surface area contributed by atoms with E-state index in [-0.39, 0.29) is 78.0 Å². The molecule has 1 unspecified atom stereocenters. The van der Waals surface area contributed by atoms with E-state index in [9.17, 15) is 10.3 Å². The predicted molar refractivity (Wildman–Crippen MR) is 416 cm³/mol. The van der Waals surface area contributed by atoms with E-state index in [1.165, 1.54) is 7.11 Å². The SMILES string of the molecule is COC(=O)CC[C@@H](C)[C@H]1CC[C@H]2[C@@H]3[C@@H](C4O[C@H](COCc5ccccc5)[C@@H](OCc5ccccc5)[C@H](OCc5ccccc5)[C@H]4OCc4ccccc4)C[C@@H]4C[C@@H](N=[N+]=[N-])CC[C@]4(C)[C@H]3C[C@@H]([C@@H]3O[C@H](COCc4ccccc4)[C@@H](OCc4ccccc4)[C@H](OCc4ccccc4)[C@H]3OCc3ccccc3)[C@]12C. The van der Waals surface area contributed by atoms with Crippen molar-refractivity contribution in [2.75, 3.05) is 20.3 Å². The van der Waals surface area contributed by atoms with Crippen molar-refractivity contribution >= 4 is 5.97 Å². The van der Waals surface area contributed by atoms with Gasteiger partial charge in [-0.25, -0.2) is 0 Å². The van der Waals surface area contributed by atoms with Gasteiger partial charge in [0.1, 0.15) is 48.8 Å². The lowest BCUT2D eigenvalue weighted by atomic mass is 9.39. The van der Waals surface area contributed by atoms with Gasteiger partial charge in [0.25, 0.3) is 0 Å². The number of fused-ring (bicyclic) bond motifs is 5. The van der Waals surface area contributed by atoms with Crippen LogP contribution in [0.25, 0.3) is 10.4 Å². The molecule has 4 aliphatic carbocycles. The van der Waals surface area contributed by atoms with Crippen LogP contribution in [0.15, 0.2) is 248 Å². The molecular formula is C93H109N3O12. The first kappa shape index (κ1) is 76.9. The first-order valence-electron chi connectivity index (χ1n) is 39.6. The smallest absolute Gasteiger partial charge is 0.305 e. The Labute approximate surface area is 639 Å². The van der Waals surface area contributed by atoms with Gasteiger partial charge < -0.3 is 52.1 Å². The molecule has 0 aromatic heterocycles. The van der Waals surface area contributed by atoms with E-state index in [1.807, 2.05) is 48.5 Å². The fraction of sp³-hybridized carbons (Fsp3) is 0.473. The molecule has 6 fully saturated rings. The van der Waals surface area contributed by atoms with Crippen LogP contribution in [0.4, 0.5) is 0 Å². The van der Waals surface area contributed by atoms with E-state index in [0.717, 1.165) is 89.5 Å². The van der Waals surface area contributed by atoms with Crippen molar-refractivity contribution in [3.8, 4) is 0 Å². The number of carbonyl (C=O) groups excluding carboxylic acids is 1. The van der Waals surface area contributed by atoms with Gasteiger partial charge in [-0.3, -0.25) is 4.79 Å². The first-order chi connectivity index (χ1) is 53.0. The van der Waals surface area contributed by atoms with Crippen LogP contribution in [0, 0.1) is 58.2 Å². The molecule has 15 heteroatoms. The van der Waals surface area contributed by atoms with Gasteiger partial charge in [0.2, 0.25) is 0 Å². The van der Waals surface area contributed by atoms with Crippen molar-refractivity contribution in [3.63, 3.8) is 0 Å². The first-order valence-corrected chi connectivity index (χ1v) is 39.6. The molecule has 8 aromatic rings. The molecule has 4 saturated carbocycles. The zero-order chi connectivity index (χ0) is 74.1. The molecule has 108 heavy (non-hydrogen) atoms. The monoisotopic (exact) mass is 1460 g/mol. The molecule has 15 nitrogen and oxygen atoms in total. The topological polar surface area (TPSA) is 167 Å². The molecule has 2 saturated heterocycles. The molecule has 21 atom stereocenters. The Hall–Kier alpha value is -7.86. The van der Waals surface area contributed by atoms with E-state index in [0.29, 0.717) is 65.7 Å². The fourth-order valence-electron chi connectivity index (χ4n) is 20.3. The van der Waals surface area contributed by atoms with Crippen molar-refractivity contribution in [2.24, 2.45) is 63.3 Å². The minimum absolute atomic E-state index is 0.0703. The van der Waals surface area contributed by atoms with Crippen molar-refractivity contribution in [3.05, 3.63) is 298 Å². The van der Waals surface area contributed by atoms with Crippen LogP contribution in [0.2, 0.25) is 0 Å². The Bertz CT molecular complexity index is 4060. The molecule has 2 aliphatic heterocycles. The van der Waals surface area contributed by atoms with Gasteiger partial charge in [0.15, 0.2) is 0 Å². The van der Waals surface area contributed by atoms with Crippen LogP contribution in [-0.4, -0.2) is 93.4 Å². The summed E-state index contributed by atoms with van der Waals surface area (Å²) < 4.78 is 81.3. The summed E-state index contributed by atoms with van der Waals surface area (Å²) in [5.41, 5.74) is 18.0. The largest absolute Gasteiger partial charge is 0.469 e. The third-order valence-corrected chi connectivity index (χ3v) is 25.6. The summed E-state index contributed by atoms with van der Waals surface area (Å²) in [5.74, 6) is 0.125. The molecule has 0 spiro atoms. The zero-order valence-corrected chi connectivity index (χ0v) is 63.2. The average Bonchev–Trinajstić information content (AvgIpc) is 1.38. The maximum Gasteiger partial charge on any atom is 0.305 e. The molecule has 0 N–H and O–H groups in total. The lowest BCUT2D eigenvalue weighted by Crippen LogP contribution is -2.69. The third-order valence-electron chi connectivity index (χ3n) is 25.6. The second-order valence-corrected chi connectivity index (χ2v) is 31.9. The highest BCUT2D eigenvalue weighted by atomic mass is 16.6. The summed E-state index contributed by atoms with van der Waals surface area (Å²) in [6.07, 6.45) is 0.655. The van der Waals surface area contributed by atoms with Gasteiger partial charge >= 0.3 is 5.97 Å². The number of nitrogens with zero attached hydrogens (tertiary/aromatic N) is 3. The summed E-state index contributed by atoms with van der Waals surface area (Å²) in [6, 6.07) is 83.0. The number of benzene rings is 8. The highest BCUT2D eigenvalue weighted by Gasteiger charge is 2.70. The van der Waals surface area contributed by atoms with Crippen LogP contribution in [-0.2, 0) is 110 Å². The van der Waals surface area contributed by atoms with Crippen LogP contribution in [0.5, 0.6) is 0 Å². The minimum Gasteiger partial charge on any atom is -0.469 e. The number of hydrogen-bond donors (Lipinski definition) is 0. The Kier molecular flexibility index (Phi) is 26.5. The van der Waals surface area contributed by atoms with Gasteiger partial charge in [-0.05, 0) is 160 Å².